The first-order chi connectivity index (χ1) is 10.2. The summed E-state index contributed by atoms with van der Waals surface area (Å²) in [5, 5.41) is 2.95. The Morgan fingerprint density at radius 2 is 1.71 bits per heavy atom. The fraction of sp³-hybridized carbons (Fsp3) is 0.588. The van der Waals surface area contributed by atoms with E-state index in [4.69, 9.17) is 5.73 Å². The Bertz CT molecular complexity index is 399. The topological polar surface area (TPSA) is 58.4 Å². The van der Waals surface area contributed by atoms with E-state index in [0.29, 0.717) is 19.5 Å². The van der Waals surface area contributed by atoms with Crippen LogP contribution in [0.2, 0.25) is 0 Å². The molecule has 0 saturated carbocycles. The lowest BCUT2D eigenvalue weighted by Crippen LogP contribution is -2.23. The van der Waals surface area contributed by atoms with Crippen molar-refractivity contribution in [3.63, 3.8) is 0 Å². The number of amides is 1. The van der Waals surface area contributed by atoms with Crippen molar-refractivity contribution in [3.8, 4) is 0 Å². The second-order valence-electron chi connectivity index (χ2n) is 5.30. The summed E-state index contributed by atoms with van der Waals surface area (Å²) < 4.78 is 0. The van der Waals surface area contributed by atoms with Crippen molar-refractivity contribution < 1.29 is 4.79 Å². The first-order valence-corrected chi connectivity index (χ1v) is 7.96. The molecule has 0 fully saturated rings. The molecule has 0 bridgehead atoms. The van der Waals surface area contributed by atoms with Gasteiger partial charge in [0.25, 0.3) is 0 Å². The number of hydrogen-bond donors (Lipinski definition) is 2. The number of carbonyl (C=O) groups excluding carboxylic acids is 1. The molecule has 0 aliphatic rings. The maximum absolute atomic E-state index is 11.6. The average molecular weight is 291 g/mol. The van der Waals surface area contributed by atoms with E-state index in [2.05, 4.69) is 48.3 Å². The molecule has 1 rings (SSSR count). The van der Waals surface area contributed by atoms with Crippen molar-refractivity contribution in [3.05, 3.63) is 35.4 Å². The van der Waals surface area contributed by atoms with E-state index < -0.39 is 0 Å². The second kappa shape index (κ2) is 10.4. The summed E-state index contributed by atoms with van der Waals surface area (Å²) in [6, 6.07) is 8.49. The predicted molar refractivity (Wildman–Crippen MR) is 87.8 cm³/mol. The summed E-state index contributed by atoms with van der Waals surface area (Å²) in [5.74, 6) is 0.107. The largest absolute Gasteiger partial charge is 0.352 e. The number of benzene rings is 1. The van der Waals surface area contributed by atoms with Crippen LogP contribution in [-0.2, 0) is 17.9 Å². The third kappa shape index (κ3) is 7.25. The van der Waals surface area contributed by atoms with Crippen molar-refractivity contribution in [2.45, 2.75) is 46.2 Å². The molecule has 0 aliphatic carbocycles. The molecular weight excluding hydrogens is 262 g/mol. The summed E-state index contributed by atoms with van der Waals surface area (Å²) in [7, 11) is 0. The van der Waals surface area contributed by atoms with Gasteiger partial charge in [0.1, 0.15) is 0 Å². The number of hydrogen-bond acceptors (Lipinski definition) is 3. The van der Waals surface area contributed by atoms with Crippen LogP contribution in [0.5, 0.6) is 0 Å². The first-order valence-electron chi connectivity index (χ1n) is 7.96. The van der Waals surface area contributed by atoms with Crippen molar-refractivity contribution in [2.24, 2.45) is 5.73 Å². The molecule has 1 amide bonds. The molecule has 4 nitrogen and oxygen atoms in total. The molecule has 3 N–H and O–H groups in total. The Balaban J connectivity index is 2.35. The first kappa shape index (κ1) is 17.7. The minimum Gasteiger partial charge on any atom is -0.352 e. The van der Waals surface area contributed by atoms with Crippen molar-refractivity contribution in [1.29, 1.82) is 0 Å². The van der Waals surface area contributed by atoms with E-state index in [1.165, 1.54) is 5.56 Å². The summed E-state index contributed by atoms with van der Waals surface area (Å²) in [6.07, 6.45) is 2.34. The Hall–Kier alpha value is -1.39. The highest BCUT2D eigenvalue weighted by Crippen LogP contribution is 2.07. The number of unbranched alkanes of at least 4 members (excludes halogenated alkanes) is 1. The predicted octanol–water partition coefficient (Wildman–Crippen LogP) is 2.27. The quantitative estimate of drug-likeness (QED) is 0.650. The smallest absolute Gasteiger partial charge is 0.220 e. The maximum Gasteiger partial charge on any atom is 0.220 e. The van der Waals surface area contributed by atoms with Gasteiger partial charge >= 0.3 is 0 Å². The standard InChI is InChI=1S/C17H29N3O/c1-3-20(4-2)14-16-10-8-15(9-11-16)13-19-17(21)7-5-6-12-18/h8-11H,3-7,12-14,18H2,1-2H3,(H,19,21). The molecule has 0 saturated heterocycles. The van der Waals surface area contributed by atoms with Gasteiger partial charge in [-0.25, -0.2) is 0 Å². The highest BCUT2D eigenvalue weighted by Gasteiger charge is 2.03. The van der Waals surface area contributed by atoms with Gasteiger partial charge in [-0.2, -0.15) is 0 Å². The lowest BCUT2D eigenvalue weighted by Gasteiger charge is -2.18. The van der Waals surface area contributed by atoms with Gasteiger partial charge in [0.2, 0.25) is 5.91 Å². The molecular formula is C17H29N3O. The monoisotopic (exact) mass is 291 g/mol. The van der Waals surface area contributed by atoms with Gasteiger partial charge in [-0.1, -0.05) is 38.1 Å². The van der Waals surface area contributed by atoms with Crippen molar-refractivity contribution in [2.75, 3.05) is 19.6 Å². The number of nitrogens with zero attached hydrogens (tertiary/aromatic N) is 1. The highest BCUT2D eigenvalue weighted by atomic mass is 16.1. The van der Waals surface area contributed by atoms with Gasteiger partial charge in [0, 0.05) is 19.5 Å². The molecule has 0 aliphatic heterocycles. The summed E-state index contributed by atoms with van der Waals surface area (Å²) in [6.45, 7) is 8.73. The van der Waals surface area contributed by atoms with E-state index in [1.807, 2.05) is 0 Å². The zero-order valence-corrected chi connectivity index (χ0v) is 13.4. The molecule has 0 heterocycles. The van der Waals surface area contributed by atoms with Gasteiger partial charge in [0.15, 0.2) is 0 Å². The number of rotatable bonds is 10. The van der Waals surface area contributed by atoms with Gasteiger partial charge in [-0.05, 0) is 43.6 Å². The lowest BCUT2D eigenvalue weighted by molar-refractivity contribution is -0.121. The fourth-order valence-electron chi connectivity index (χ4n) is 2.19. The minimum atomic E-state index is 0.107. The van der Waals surface area contributed by atoms with Crippen LogP contribution in [0.15, 0.2) is 24.3 Å². The fourth-order valence-corrected chi connectivity index (χ4v) is 2.19. The van der Waals surface area contributed by atoms with Crippen LogP contribution in [0.3, 0.4) is 0 Å². The molecule has 118 valence electrons. The van der Waals surface area contributed by atoms with Crippen LogP contribution in [-0.4, -0.2) is 30.4 Å². The Morgan fingerprint density at radius 1 is 1.10 bits per heavy atom. The third-order valence-corrected chi connectivity index (χ3v) is 3.67. The Morgan fingerprint density at radius 3 is 2.29 bits per heavy atom. The molecule has 0 spiro atoms. The molecule has 4 heteroatoms. The normalized spacial score (nSPS) is 10.9. The molecule has 1 aromatic rings. The van der Waals surface area contributed by atoms with E-state index in [-0.39, 0.29) is 5.91 Å². The molecule has 0 radical (unpaired) electrons. The molecule has 21 heavy (non-hydrogen) atoms. The van der Waals surface area contributed by atoms with Crippen LogP contribution in [0.25, 0.3) is 0 Å². The number of carbonyl (C=O) groups is 1. The van der Waals surface area contributed by atoms with Gasteiger partial charge in [-0.3, -0.25) is 9.69 Å². The lowest BCUT2D eigenvalue weighted by atomic mass is 10.1. The average Bonchev–Trinajstić information content (AvgIpc) is 2.52. The van der Waals surface area contributed by atoms with Gasteiger partial charge < -0.3 is 11.1 Å². The van der Waals surface area contributed by atoms with E-state index >= 15 is 0 Å². The Kier molecular flexibility index (Phi) is 8.71. The van der Waals surface area contributed by atoms with Crippen molar-refractivity contribution >= 4 is 5.91 Å². The van der Waals surface area contributed by atoms with Crippen LogP contribution >= 0.6 is 0 Å². The zero-order valence-electron chi connectivity index (χ0n) is 13.4. The van der Waals surface area contributed by atoms with E-state index in [1.54, 1.807) is 0 Å². The Labute approximate surface area is 128 Å². The third-order valence-electron chi connectivity index (χ3n) is 3.67. The minimum absolute atomic E-state index is 0.107. The summed E-state index contributed by atoms with van der Waals surface area (Å²) in [4.78, 5) is 14.0. The molecule has 0 atom stereocenters. The van der Waals surface area contributed by atoms with Gasteiger partial charge in [0.05, 0.1) is 0 Å². The highest BCUT2D eigenvalue weighted by molar-refractivity contribution is 5.75. The SMILES string of the molecule is CCN(CC)Cc1ccc(CNC(=O)CCCCN)cc1. The number of nitrogens with two attached hydrogens (primary N) is 1. The second-order valence-corrected chi connectivity index (χ2v) is 5.30. The van der Waals surface area contributed by atoms with Crippen LogP contribution in [0.1, 0.15) is 44.2 Å². The zero-order chi connectivity index (χ0) is 15.5. The van der Waals surface area contributed by atoms with Crippen LogP contribution in [0.4, 0.5) is 0 Å². The van der Waals surface area contributed by atoms with Gasteiger partial charge in [-0.15, -0.1) is 0 Å². The molecule has 0 unspecified atom stereocenters. The summed E-state index contributed by atoms with van der Waals surface area (Å²) >= 11 is 0. The maximum atomic E-state index is 11.6. The van der Waals surface area contributed by atoms with Crippen LogP contribution < -0.4 is 11.1 Å². The summed E-state index contributed by atoms with van der Waals surface area (Å²) in [5.41, 5.74) is 7.87. The van der Waals surface area contributed by atoms with Crippen molar-refractivity contribution in [1.82, 2.24) is 10.2 Å². The van der Waals surface area contributed by atoms with E-state index in [9.17, 15) is 4.79 Å². The van der Waals surface area contributed by atoms with E-state index in [0.717, 1.165) is 38.0 Å². The number of nitrogens with one attached hydrogen (secondary N) is 1. The molecule has 1 aromatic carbocycles. The van der Waals surface area contributed by atoms with Crippen LogP contribution in [0, 0.1) is 0 Å². The molecule has 0 aromatic heterocycles.